The molecule has 134 valence electrons. The van der Waals surface area contributed by atoms with E-state index in [1.807, 2.05) is 19.9 Å². The first-order valence-corrected chi connectivity index (χ1v) is 9.61. The lowest BCUT2D eigenvalue weighted by Gasteiger charge is -2.17. The van der Waals surface area contributed by atoms with Gasteiger partial charge in [0.15, 0.2) is 0 Å². The molecule has 0 aliphatic carbocycles. The van der Waals surface area contributed by atoms with E-state index in [1.54, 1.807) is 0 Å². The Morgan fingerprint density at radius 2 is 1.55 bits per heavy atom. The van der Waals surface area contributed by atoms with Crippen LogP contribution < -0.4 is 0 Å². The predicted molar refractivity (Wildman–Crippen MR) is 102 cm³/mol. The van der Waals surface area contributed by atoms with Gasteiger partial charge in [0.25, 0.3) is 0 Å². The molecule has 2 atom stereocenters. The molecular formula is C21H44O. The van der Waals surface area contributed by atoms with Crippen molar-refractivity contribution < 1.29 is 5.11 Å². The van der Waals surface area contributed by atoms with E-state index in [9.17, 15) is 5.11 Å². The Kier molecular flexibility index (Phi) is 17.0. The average Bonchev–Trinajstić information content (AvgIpc) is 2.43. The van der Waals surface area contributed by atoms with Crippen LogP contribution in [-0.2, 0) is 0 Å². The van der Waals surface area contributed by atoms with Crippen LogP contribution in [0.5, 0.6) is 0 Å². The fourth-order valence-electron chi connectivity index (χ4n) is 2.53. The van der Waals surface area contributed by atoms with Gasteiger partial charge in [-0.3, -0.25) is 0 Å². The van der Waals surface area contributed by atoms with Crippen molar-refractivity contribution in [3.8, 4) is 0 Å². The lowest BCUT2D eigenvalue weighted by atomic mass is 9.97. The molecule has 0 bridgehead atoms. The second kappa shape index (κ2) is 15.6. The van der Waals surface area contributed by atoms with Crippen molar-refractivity contribution in [2.75, 3.05) is 0 Å². The molecule has 0 spiro atoms. The normalized spacial score (nSPS) is 14.0. The second-order valence-corrected chi connectivity index (χ2v) is 7.66. The SMILES string of the molecule is C=CC(C)CCCC(C)(C)O.CCCCCCC(C)CCC. The molecule has 22 heavy (non-hydrogen) atoms. The van der Waals surface area contributed by atoms with Crippen molar-refractivity contribution in [3.63, 3.8) is 0 Å². The van der Waals surface area contributed by atoms with E-state index in [0.29, 0.717) is 5.92 Å². The van der Waals surface area contributed by atoms with Crippen LogP contribution in [0.2, 0.25) is 0 Å². The van der Waals surface area contributed by atoms with Crippen LogP contribution in [0, 0.1) is 11.8 Å². The summed E-state index contributed by atoms with van der Waals surface area (Å²) in [5.41, 5.74) is -0.499. The van der Waals surface area contributed by atoms with Gasteiger partial charge in [-0.2, -0.15) is 0 Å². The molecule has 0 aromatic heterocycles. The lowest BCUT2D eigenvalue weighted by molar-refractivity contribution is 0.0675. The van der Waals surface area contributed by atoms with Gasteiger partial charge in [-0.15, -0.1) is 6.58 Å². The highest BCUT2D eigenvalue weighted by Gasteiger charge is 2.11. The smallest absolute Gasteiger partial charge is 0.0591 e. The zero-order valence-corrected chi connectivity index (χ0v) is 16.5. The summed E-state index contributed by atoms with van der Waals surface area (Å²) in [6, 6.07) is 0. The molecular weight excluding hydrogens is 268 g/mol. The first-order valence-electron chi connectivity index (χ1n) is 9.61. The maximum Gasteiger partial charge on any atom is 0.0591 e. The van der Waals surface area contributed by atoms with E-state index in [-0.39, 0.29) is 0 Å². The van der Waals surface area contributed by atoms with E-state index in [0.717, 1.165) is 25.2 Å². The zero-order valence-electron chi connectivity index (χ0n) is 16.5. The van der Waals surface area contributed by atoms with Crippen LogP contribution in [-0.4, -0.2) is 10.7 Å². The Hall–Kier alpha value is -0.300. The molecule has 0 rings (SSSR count). The summed E-state index contributed by atoms with van der Waals surface area (Å²) < 4.78 is 0. The lowest BCUT2D eigenvalue weighted by Crippen LogP contribution is -2.18. The Labute approximate surface area is 141 Å². The molecule has 0 aliphatic rings. The molecule has 0 saturated heterocycles. The predicted octanol–water partition coefficient (Wildman–Crippen LogP) is 7.14. The van der Waals surface area contributed by atoms with Crippen molar-refractivity contribution >= 4 is 0 Å². The minimum Gasteiger partial charge on any atom is -0.390 e. The molecule has 0 amide bonds. The third-order valence-electron chi connectivity index (χ3n) is 4.18. The van der Waals surface area contributed by atoms with Gasteiger partial charge in [0.1, 0.15) is 0 Å². The second-order valence-electron chi connectivity index (χ2n) is 7.66. The molecule has 1 nitrogen and oxygen atoms in total. The summed E-state index contributed by atoms with van der Waals surface area (Å²) in [4.78, 5) is 0. The first kappa shape index (κ1) is 24.0. The van der Waals surface area contributed by atoms with Crippen molar-refractivity contribution in [2.24, 2.45) is 11.8 Å². The van der Waals surface area contributed by atoms with Crippen LogP contribution in [0.25, 0.3) is 0 Å². The topological polar surface area (TPSA) is 20.2 Å². The molecule has 1 N–H and O–H groups in total. The molecule has 2 unspecified atom stereocenters. The molecule has 0 aromatic rings. The summed E-state index contributed by atoms with van der Waals surface area (Å²) in [6.07, 6.45) is 15.0. The van der Waals surface area contributed by atoms with Crippen molar-refractivity contribution in [1.29, 1.82) is 0 Å². The Balaban J connectivity index is 0. The number of aliphatic hydroxyl groups is 1. The van der Waals surface area contributed by atoms with Gasteiger partial charge in [0.2, 0.25) is 0 Å². The van der Waals surface area contributed by atoms with Crippen molar-refractivity contribution in [3.05, 3.63) is 12.7 Å². The summed E-state index contributed by atoms with van der Waals surface area (Å²) >= 11 is 0. The van der Waals surface area contributed by atoms with Gasteiger partial charge in [-0.1, -0.05) is 85.1 Å². The minimum absolute atomic E-state index is 0.499. The molecule has 0 radical (unpaired) electrons. The Morgan fingerprint density at radius 1 is 0.909 bits per heavy atom. The number of hydrogen-bond acceptors (Lipinski definition) is 1. The highest BCUT2D eigenvalue weighted by molar-refractivity contribution is 4.75. The zero-order chi connectivity index (χ0) is 17.4. The third-order valence-corrected chi connectivity index (χ3v) is 4.18. The summed E-state index contributed by atoms with van der Waals surface area (Å²) in [5, 5.41) is 9.38. The van der Waals surface area contributed by atoms with Gasteiger partial charge in [-0.25, -0.2) is 0 Å². The number of allylic oxidation sites excluding steroid dienone is 1. The quantitative estimate of drug-likeness (QED) is 0.300. The van der Waals surface area contributed by atoms with E-state index in [2.05, 4.69) is 34.3 Å². The van der Waals surface area contributed by atoms with Gasteiger partial charge >= 0.3 is 0 Å². The van der Waals surface area contributed by atoms with E-state index in [1.165, 1.54) is 44.9 Å². The Morgan fingerprint density at radius 3 is 2.00 bits per heavy atom. The largest absolute Gasteiger partial charge is 0.390 e. The van der Waals surface area contributed by atoms with Crippen LogP contribution in [0.1, 0.15) is 106 Å². The van der Waals surface area contributed by atoms with Crippen molar-refractivity contribution in [2.45, 2.75) is 111 Å². The number of hydrogen-bond donors (Lipinski definition) is 1. The molecule has 0 fully saturated rings. The molecule has 0 aliphatic heterocycles. The number of rotatable bonds is 12. The fourth-order valence-corrected chi connectivity index (χ4v) is 2.53. The number of unbranched alkanes of at least 4 members (excludes halogenated alkanes) is 3. The van der Waals surface area contributed by atoms with E-state index >= 15 is 0 Å². The average molecular weight is 313 g/mol. The maximum absolute atomic E-state index is 9.38. The van der Waals surface area contributed by atoms with Gasteiger partial charge in [0, 0.05) is 0 Å². The van der Waals surface area contributed by atoms with Crippen molar-refractivity contribution in [1.82, 2.24) is 0 Å². The van der Waals surface area contributed by atoms with Gasteiger partial charge < -0.3 is 5.11 Å². The first-order chi connectivity index (χ1) is 10.3. The molecule has 0 saturated carbocycles. The fraction of sp³-hybridized carbons (Fsp3) is 0.905. The van der Waals surface area contributed by atoms with Crippen LogP contribution >= 0.6 is 0 Å². The Bertz CT molecular complexity index is 227. The van der Waals surface area contributed by atoms with Crippen LogP contribution in [0.3, 0.4) is 0 Å². The standard InChI is InChI=1S/C11H24.C10H20O/c1-4-6-7-8-10-11(3)9-5-2;1-5-9(2)7-6-8-10(3,4)11/h11H,4-10H2,1-3H3;5,9,11H,1,6-8H2,2-4H3. The molecule has 0 heterocycles. The summed E-state index contributed by atoms with van der Waals surface area (Å²) in [5.74, 6) is 1.55. The molecule has 0 aromatic carbocycles. The van der Waals surface area contributed by atoms with E-state index in [4.69, 9.17) is 0 Å². The summed E-state index contributed by atoms with van der Waals surface area (Å²) in [7, 11) is 0. The maximum atomic E-state index is 9.38. The van der Waals surface area contributed by atoms with E-state index < -0.39 is 5.60 Å². The monoisotopic (exact) mass is 312 g/mol. The third kappa shape index (κ3) is 22.0. The minimum atomic E-state index is -0.499. The van der Waals surface area contributed by atoms with Crippen LogP contribution in [0.4, 0.5) is 0 Å². The van der Waals surface area contributed by atoms with Gasteiger partial charge in [0.05, 0.1) is 5.60 Å². The van der Waals surface area contributed by atoms with Gasteiger partial charge in [-0.05, 0) is 38.5 Å². The summed E-state index contributed by atoms with van der Waals surface area (Å²) in [6.45, 7) is 16.5. The van der Waals surface area contributed by atoms with Crippen LogP contribution in [0.15, 0.2) is 12.7 Å². The highest BCUT2D eigenvalue weighted by atomic mass is 16.3. The molecule has 1 heteroatoms. The highest BCUT2D eigenvalue weighted by Crippen LogP contribution is 2.16.